The monoisotopic (exact) mass is 381 g/mol. The number of halogens is 1. The van der Waals surface area contributed by atoms with E-state index in [0.29, 0.717) is 25.0 Å². The third kappa shape index (κ3) is 3.84. The van der Waals surface area contributed by atoms with Crippen molar-refractivity contribution in [2.45, 2.75) is 33.1 Å². The van der Waals surface area contributed by atoms with Gasteiger partial charge in [0.05, 0.1) is 26.3 Å². The van der Waals surface area contributed by atoms with E-state index in [9.17, 15) is 10.0 Å². The van der Waals surface area contributed by atoms with Gasteiger partial charge in [0, 0.05) is 23.2 Å². The minimum atomic E-state index is -0.142. The first kappa shape index (κ1) is 18.2. The van der Waals surface area contributed by atoms with Crippen molar-refractivity contribution in [1.29, 1.82) is 0 Å². The number of allylic oxidation sites excluding steroid dienone is 2. The Morgan fingerprint density at radius 3 is 2.70 bits per heavy atom. The molecular weight excluding hydrogens is 358 g/mol. The number of nitrogens with one attached hydrogen (secondary N) is 1. The summed E-state index contributed by atoms with van der Waals surface area (Å²) in [5.74, 6) is 0.725. The van der Waals surface area contributed by atoms with E-state index in [0.717, 1.165) is 33.3 Å². The number of carbonyl (C=O) groups excluding carboxylic acids is 1. The van der Waals surface area contributed by atoms with Crippen LogP contribution in [-0.4, -0.2) is 26.5 Å². The Labute approximate surface area is 146 Å². The van der Waals surface area contributed by atoms with E-state index in [1.54, 1.807) is 14.2 Å². The highest BCUT2D eigenvalue weighted by atomic mass is 79.9. The summed E-state index contributed by atoms with van der Waals surface area (Å²) in [7, 11) is 3.19. The number of carbonyl (C=O) groups is 1. The fourth-order valence-corrected chi connectivity index (χ4v) is 3.89. The van der Waals surface area contributed by atoms with Crippen LogP contribution >= 0.6 is 15.9 Å². The van der Waals surface area contributed by atoms with Gasteiger partial charge in [0.25, 0.3) is 0 Å². The molecule has 0 aromatic heterocycles. The molecule has 2 unspecified atom stereocenters. The van der Waals surface area contributed by atoms with Gasteiger partial charge >= 0.3 is 0 Å². The lowest BCUT2D eigenvalue weighted by molar-refractivity contribution is -0.826. The molecule has 1 aliphatic carbocycles. The van der Waals surface area contributed by atoms with E-state index in [1.807, 2.05) is 13.0 Å². The van der Waals surface area contributed by atoms with Gasteiger partial charge < -0.3 is 15.0 Å². The molecule has 0 aliphatic heterocycles. The minimum Gasteiger partial charge on any atom is -0.634 e. The third-order valence-electron chi connectivity index (χ3n) is 4.43. The van der Waals surface area contributed by atoms with Gasteiger partial charge in [-0.15, -0.1) is 0 Å². The molecule has 1 N–H and O–H groups in total. The maximum Gasteiger partial charge on any atom is 0.170 e. The molecule has 1 aliphatic rings. The number of Topliss-reactive ketones (excluding diaryl/α,β-unsaturated/α-hetero) is 1. The highest BCUT2D eigenvalue weighted by Crippen LogP contribution is 2.40. The number of hydroxylamine groups is 2. The summed E-state index contributed by atoms with van der Waals surface area (Å²) < 4.78 is 6.55. The maximum atomic E-state index is 12.9. The van der Waals surface area contributed by atoms with Crippen LogP contribution in [0.2, 0.25) is 0 Å². The first-order chi connectivity index (χ1) is 10.9. The van der Waals surface area contributed by atoms with Gasteiger partial charge in [-0.1, -0.05) is 22.9 Å². The highest BCUT2D eigenvalue weighted by Gasteiger charge is 2.36. The van der Waals surface area contributed by atoms with E-state index in [2.05, 4.69) is 28.9 Å². The summed E-state index contributed by atoms with van der Waals surface area (Å²) in [4.78, 5) is 12.9. The Balaban J connectivity index is 2.43. The Morgan fingerprint density at radius 2 is 2.13 bits per heavy atom. The average molecular weight is 382 g/mol. The van der Waals surface area contributed by atoms with Gasteiger partial charge in [-0.3, -0.25) is 4.79 Å². The minimum absolute atomic E-state index is 0.114. The van der Waals surface area contributed by atoms with Crippen LogP contribution in [0.3, 0.4) is 0 Å². The number of methoxy groups -OCH3 is 1. The number of quaternary nitrogens is 1. The molecule has 0 spiro atoms. The van der Waals surface area contributed by atoms with Gasteiger partial charge in [-0.25, -0.2) is 0 Å². The largest absolute Gasteiger partial charge is 0.634 e. The van der Waals surface area contributed by atoms with Gasteiger partial charge in [-0.05, 0) is 42.2 Å². The summed E-state index contributed by atoms with van der Waals surface area (Å²) in [6, 6.07) is 4.10. The molecule has 0 saturated heterocycles. The maximum absolute atomic E-state index is 12.9. The second-order valence-electron chi connectivity index (χ2n) is 6.12. The van der Waals surface area contributed by atoms with Gasteiger partial charge in [0.1, 0.15) is 5.76 Å². The lowest BCUT2D eigenvalue weighted by Crippen LogP contribution is -3.03. The van der Waals surface area contributed by atoms with Crippen LogP contribution in [0.15, 0.2) is 22.4 Å². The van der Waals surface area contributed by atoms with Crippen molar-refractivity contribution < 1.29 is 14.6 Å². The fraction of sp³-hybridized carbons (Fsp3) is 0.500. The van der Waals surface area contributed by atoms with Crippen LogP contribution in [0.1, 0.15) is 36.5 Å². The molecule has 2 rings (SSSR count). The second kappa shape index (κ2) is 7.60. The van der Waals surface area contributed by atoms with E-state index < -0.39 is 0 Å². The number of ketones is 1. The Morgan fingerprint density at radius 1 is 1.43 bits per heavy atom. The molecule has 1 aromatic rings. The predicted octanol–water partition coefficient (Wildman–Crippen LogP) is 2.67. The van der Waals surface area contributed by atoms with E-state index >= 15 is 0 Å². The normalized spacial score (nSPS) is 19.4. The van der Waals surface area contributed by atoms with Crippen LogP contribution in [0, 0.1) is 18.0 Å². The molecule has 0 amide bonds. The summed E-state index contributed by atoms with van der Waals surface area (Å²) >= 11 is 3.53. The average Bonchev–Trinajstić information content (AvgIpc) is 2.80. The van der Waals surface area contributed by atoms with Gasteiger partial charge in [0.15, 0.2) is 5.78 Å². The van der Waals surface area contributed by atoms with E-state index in [1.165, 1.54) is 0 Å². The number of benzene rings is 1. The Kier molecular flexibility index (Phi) is 6.00. The zero-order valence-electron chi connectivity index (χ0n) is 14.2. The molecule has 1 aromatic carbocycles. The molecule has 2 atom stereocenters. The van der Waals surface area contributed by atoms with Crippen LogP contribution in [0.4, 0.5) is 0 Å². The van der Waals surface area contributed by atoms with Gasteiger partial charge in [0.2, 0.25) is 0 Å². The number of ether oxygens (including phenoxy) is 1. The second-order valence-corrected chi connectivity index (χ2v) is 7.03. The molecule has 5 heteroatoms. The summed E-state index contributed by atoms with van der Waals surface area (Å²) in [5, 5.41) is 11.4. The first-order valence-corrected chi connectivity index (χ1v) is 8.78. The van der Waals surface area contributed by atoms with Crippen molar-refractivity contribution in [3.63, 3.8) is 0 Å². The molecule has 0 saturated carbocycles. The van der Waals surface area contributed by atoms with Gasteiger partial charge in [-0.2, -0.15) is 0 Å². The number of aryl methyl sites for hydroxylation is 2. The van der Waals surface area contributed by atoms with Crippen LogP contribution in [-0.2, 0) is 16.0 Å². The third-order valence-corrected chi connectivity index (χ3v) is 4.89. The summed E-state index contributed by atoms with van der Waals surface area (Å²) in [6.07, 6.45) is 2.04. The lowest BCUT2D eigenvalue weighted by Gasteiger charge is -2.18. The van der Waals surface area contributed by atoms with Crippen LogP contribution in [0.25, 0.3) is 5.57 Å². The molecule has 0 fully saturated rings. The fourth-order valence-electron chi connectivity index (χ4n) is 3.27. The topological polar surface area (TPSA) is 53.8 Å². The summed E-state index contributed by atoms with van der Waals surface area (Å²) in [5.41, 5.74) is 3.93. The van der Waals surface area contributed by atoms with Crippen LogP contribution < -0.4 is 5.06 Å². The standard InChI is InChI=1S/C18H24BrNO3/c1-5-12-9-14(19)8-11(2)16(12)17-15(23-4)10-13(18(17)21)6-7-20(3)22/h8-9,13,20H,5-7,10H2,1-4H3. The lowest BCUT2D eigenvalue weighted by atomic mass is 9.90. The Hall–Kier alpha value is -1.17. The first-order valence-electron chi connectivity index (χ1n) is 7.99. The molecular formula is C18H24BrNO3. The molecule has 0 radical (unpaired) electrons. The van der Waals surface area contributed by atoms with E-state index in [4.69, 9.17) is 4.74 Å². The molecule has 0 bridgehead atoms. The number of hydrogen-bond donors (Lipinski definition) is 1. The summed E-state index contributed by atoms with van der Waals surface area (Å²) in [6.45, 7) is 4.56. The number of hydrogen-bond acceptors (Lipinski definition) is 3. The molecule has 23 heavy (non-hydrogen) atoms. The zero-order chi connectivity index (χ0) is 17.1. The number of rotatable bonds is 6. The molecule has 4 nitrogen and oxygen atoms in total. The smallest absolute Gasteiger partial charge is 0.170 e. The SMILES string of the molecule is CCc1cc(Br)cc(C)c1C1=C(OC)CC(CC[NH+](C)[O-])C1=O. The van der Waals surface area contributed by atoms with Crippen molar-refractivity contribution in [2.24, 2.45) is 5.92 Å². The van der Waals surface area contributed by atoms with Crippen molar-refractivity contribution in [2.75, 3.05) is 20.7 Å². The van der Waals surface area contributed by atoms with E-state index in [-0.39, 0.29) is 16.8 Å². The van der Waals surface area contributed by atoms with Crippen LogP contribution in [0.5, 0.6) is 0 Å². The molecule has 0 heterocycles. The van der Waals surface area contributed by atoms with Crippen molar-refractivity contribution in [3.8, 4) is 0 Å². The predicted molar refractivity (Wildman–Crippen MR) is 95.0 cm³/mol. The zero-order valence-corrected chi connectivity index (χ0v) is 15.7. The van der Waals surface area contributed by atoms with Crippen molar-refractivity contribution in [1.82, 2.24) is 0 Å². The highest BCUT2D eigenvalue weighted by molar-refractivity contribution is 9.10. The quantitative estimate of drug-likeness (QED) is 0.770. The van der Waals surface area contributed by atoms with Crippen molar-refractivity contribution in [3.05, 3.63) is 44.3 Å². The van der Waals surface area contributed by atoms with Crippen molar-refractivity contribution >= 4 is 27.3 Å². The Bertz CT molecular complexity index is 637. The molecule has 126 valence electrons.